The molecule has 218 valence electrons. The van der Waals surface area contributed by atoms with Crippen LogP contribution in [0.3, 0.4) is 0 Å². The molecule has 0 aromatic rings. The van der Waals surface area contributed by atoms with Gasteiger partial charge in [0.05, 0.1) is 11.5 Å². The quantitative estimate of drug-likeness (QED) is 0.179. The van der Waals surface area contributed by atoms with E-state index in [9.17, 15) is 24.6 Å². The Kier molecular flexibility index (Phi) is 9.83. The SMILES string of the molecule is C=C/C(C)=C/C[C@]1(C)[C@H](C)[C@@H](OC(=O)CCC)[C@H](O)[C@@]23C(=C[C@H](O)C[C@@H]12)[C@@H](OC(=O)CCC)O[C@H]3OC(C)=O. The minimum Gasteiger partial charge on any atom is -0.459 e. The van der Waals surface area contributed by atoms with Crippen molar-refractivity contribution in [3.8, 4) is 0 Å². The topological polar surface area (TPSA) is 129 Å². The Morgan fingerprint density at radius 1 is 1.10 bits per heavy atom. The Hall–Kier alpha value is -2.49. The van der Waals surface area contributed by atoms with Crippen LogP contribution < -0.4 is 0 Å². The Bertz CT molecular complexity index is 1020. The second-order valence-corrected chi connectivity index (χ2v) is 11.4. The first-order valence-electron chi connectivity index (χ1n) is 14.0. The zero-order valence-electron chi connectivity index (χ0n) is 24.0. The molecule has 0 radical (unpaired) electrons. The van der Waals surface area contributed by atoms with Crippen molar-refractivity contribution in [1.29, 1.82) is 0 Å². The smallest absolute Gasteiger partial charge is 0.308 e. The van der Waals surface area contributed by atoms with Gasteiger partial charge in [0, 0.05) is 31.3 Å². The van der Waals surface area contributed by atoms with E-state index in [1.165, 1.54) is 13.0 Å². The first-order chi connectivity index (χ1) is 18.4. The zero-order valence-corrected chi connectivity index (χ0v) is 24.0. The molecule has 39 heavy (non-hydrogen) atoms. The summed E-state index contributed by atoms with van der Waals surface area (Å²) in [6.07, 6.45) is 1.59. The van der Waals surface area contributed by atoms with E-state index in [0.717, 1.165) is 5.57 Å². The number of carbonyl (C=O) groups excluding carboxylic acids is 3. The van der Waals surface area contributed by atoms with Crippen LogP contribution in [-0.2, 0) is 33.3 Å². The Labute approximate surface area is 231 Å². The summed E-state index contributed by atoms with van der Waals surface area (Å²) >= 11 is 0. The second-order valence-electron chi connectivity index (χ2n) is 11.4. The van der Waals surface area contributed by atoms with Gasteiger partial charge in [0.25, 0.3) is 0 Å². The van der Waals surface area contributed by atoms with E-state index in [1.807, 2.05) is 40.7 Å². The molecule has 1 heterocycles. The van der Waals surface area contributed by atoms with Crippen molar-refractivity contribution in [1.82, 2.24) is 0 Å². The van der Waals surface area contributed by atoms with Gasteiger partial charge in [-0.15, -0.1) is 0 Å². The summed E-state index contributed by atoms with van der Waals surface area (Å²) in [5.41, 5.74) is -0.837. The Morgan fingerprint density at radius 2 is 1.72 bits per heavy atom. The highest BCUT2D eigenvalue weighted by atomic mass is 16.8. The fraction of sp³-hybridized carbons (Fsp3) is 0.700. The molecule has 2 fully saturated rings. The monoisotopic (exact) mass is 548 g/mol. The number of allylic oxidation sites excluding steroid dienone is 3. The van der Waals surface area contributed by atoms with E-state index in [-0.39, 0.29) is 25.2 Å². The van der Waals surface area contributed by atoms with E-state index in [0.29, 0.717) is 24.8 Å². The molecule has 1 aliphatic heterocycles. The van der Waals surface area contributed by atoms with Crippen LogP contribution in [-0.4, -0.2) is 59.0 Å². The molecule has 3 rings (SSSR count). The summed E-state index contributed by atoms with van der Waals surface area (Å²) in [4.78, 5) is 37.6. The average Bonchev–Trinajstić information content (AvgIpc) is 3.16. The summed E-state index contributed by atoms with van der Waals surface area (Å²) in [5.74, 6) is -2.47. The van der Waals surface area contributed by atoms with Crippen molar-refractivity contribution in [3.05, 3.63) is 36.0 Å². The number of hydrogen-bond acceptors (Lipinski definition) is 9. The molecule has 9 heteroatoms. The van der Waals surface area contributed by atoms with Gasteiger partial charge in [-0.3, -0.25) is 19.1 Å². The molecule has 1 saturated carbocycles. The van der Waals surface area contributed by atoms with Crippen LogP contribution in [0.25, 0.3) is 0 Å². The predicted molar refractivity (Wildman–Crippen MR) is 143 cm³/mol. The van der Waals surface area contributed by atoms with Crippen LogP contribution in [0.5, 0.6) is 0 Å². The molecular formula is C30H44O9. The fourth-order valence-corrected chi connectivity index (χ4v) is 6.63. The second kappa shape index (κ2) is 12.4. The summed E-state index contributed by atoms with van der Waals surface area (Å²) in [6, 6.07) is 0. The van der Waals surface area contributed by atoms with E-state index in [1.54, 1.807) is 6.08 Å². The fourth-order valence-electron chi connectivity index (χ4n) is 6.63. The van der Waals surface area contributed by atoms with Gasteiger partial charge in [-0.25, -0.2) is 0 Å². The maximum atomic E-state index is 12.8. The zero-order chi connectivity index (χ0) is 29.1. The summed E-state index contributed by atoms with van der Waals surface area (Å²) < 4.78 is 23.4. The summed E-state index contributed by atoms with van der Waals surface area (Å²) in [7, 11) is 0. The lowest BCUT2D eigenvalue weighted by atomic mass is 9.44. The van der Waals surface area contributed by atoms with Crippen LogP contribution >= 0.6 is 0 Å². The van der Waals surface area contributed by atoms with Crippen molar-refractivity contribution in [2.75, 3.05) is 0 Å². The van der Waals surface area contributed by atoms with Gasteiger partial charge >= 0.3 is 17.9 Å². The molecule has 0 amide bonds. The van der Waals surface area contributed by atoms with Crippen LogP contribution in [0.15, 0.2) is 36.0 Å². The number of aliphatic hydroxyl groups is 2. The van der Waals surface area contributed by atoms with Gasteiger partial charge in [0.1, 0.15) is 12.2 Å². The molecule has 9 atom stereocenters. The van der Waals surface area contributed by atoms with E-state index in [2.05, 4.69) is 6.58 Å². The van der Waals surface area contributed by atoms with Crippen molar-refractivity contribution in [2.24, 2.45) is 22.7 Å². The molecule has 0 unspecified atom stereocenters. The highest BCUT2D eigenvalue weighted by molar-refractivity contribution is 5.70. The summed E-state index contributed by atoms with van der Waals surface area (Å²) in [6.45, 7) is 14.7. The van der Waals surface area contributed by atoms with Gasteiger partial charge in [-0.2, -0.15) is 0 Å². The normalized spacial score (nSPS) is 37.7. The Balaban J connectivity index is 2.25. The molecule has 0 bridgehead atoms. The van der Waals surface area contributed by atoms with Crippen LogP contribution in [0.2, 0.25) is 0 Å². The highest BCUT2D eigenvalue weighted by Gasteiger charge is 2.74. The average molecular weight is 549 g/mol. The van der Waals surface area contributed by atoms with Crippen molar-refractivity contribution < 1.29 is 43.5 Å². The van der Waals surface area contributed by atoms with Gasteiger partial charge in [0.2, 0.25) is 12.6 Å². The van der Waals surface area contributed by atoms with Crippen molar-refractivity contribution in [2.45, 2.75) is 111 Å². The third-order valence-corrected chi connectivity index (χ3v) is 8.82. The molecule has 9 nitrogen and oxygen atoms in total. The first-order valence-corrected chi connectivity index (χ1v) is 14.0. The van der Waals surface area contributed by atoms with Crippen LogP contribution in [0.4, 0.5) is 0 Å². The van der Waals surface area contributed by atoms with E-state index < -0.39 is 65.5 Å². The molecule has 0 aromatic carbocycles. The molecule has 3 aliphatic rings. The molecule has 2 N–H and O–H groups in total. The van der Waals surface area contributed by atoms with E-state index in [4.69, 9.17) is 18.9 Å². The van der Waals surface area contributed by atoms with Gasteiger partial charge in [-0.05, 0) is 50.0 Å². The number of rotatable bonds is 10. The van der Waals surface area contributed by atoms with E-state index >= 15 is 0 Å². The maximum absolute atomic E-state index is 12.8. The number of ether oxygens (including phenoxy) is 4. The number of esters is 3. The summed E-state index contributed by atoms with van der Waals surface area (Å²) in [5, 5.41) is 23.2. The lowest BCUT2D eigenvalue weighted by Crippen LogP contribution is -2.68. The third kappa shape index (κ3) is 5.72. The van der Waals surface area contributed by atoms with Gasteiger partial charge in [-0.1, -0.05) is 52.0 Å². The first kappa shape index (κ1) is 31.0. The van der Waals surface area contributed by atoms with Crippen LogP contribution in [0, 0.1) is 22.7 Å². The molecule has 1 saturated heterocycles. The predicted octanol–water partition coefficient (Wildman–Crippen LogP) is 4.12. The molecule has 2 aliphatic carbocycles. The van der Waals surface area contributed by atoms with Crippen molar-refractivity contribution >= 4 is 17.9 Å². The lowest BCUT2D eigenvalue weighted by Gasteiger charge is -2.62. The van der Waals surface area contributed by atoms with Gasteiger partial charge in [0.15, 0.2) is 0 Å². The standard InChI is InChI=1S/C30H44O9/c1-8-11-23(33)37-25-18(5)29(7,14-13-17(4)10-3)22-16-20(32)15-21-27(38-24(34)12-9-2)39-28(36-19(6)31)30(21,22)26(25)35/h10,13,15,18,20,22,25-28,32,35H,3,8-9,11-12,14,16H2,1-2,4-7H3/b17-13+/t18-,20+,22+,25-,26+,27+,28-,29-,30-/m1/s1. The Morgan fingerprint density at radius 3 is 2.28 bits per heavy atom. The third-order valence-electron chi connectivity index (χ3n) is 8.82. The number of carbonyl (C=O) groups is 3. The largest absolute Gasteiger partial charge is 0.459 e. The minimum absolute atomic E-state index is 0.143. The number of aliphatic hydroxyl groups excluding tert-OH is 2. The van der Waals surface area contributed by atoms with Crippen molar-refractivity contribution in [3.63, 3.8) is 0 Å². The lowest BCUT2D eigenvalue weighted by molar-refractivity contribution is -0.275. The molecule has 1 spiro atoms. The van der Waals surface area contributed by atoms with Crippen LogP contribution in [0.1, 0.15) is 80.1 Å². The molecule has 0 aromatic heterocycles. The highest BCUT2D eigenvalue weighted by Crippen LogP contribution is 2.67. The van der Waals surface area contributed by atoms with Gasteiger partial charge < -0.3 is 24.4 Å². The maximum Gasteiger partial charge on any atom is 0.308 e. The number of hydrogen-bond donors (Lipinski definition) is 2. The minimum atomic E-state index is -1.43. The molecular weight excluding hydrogens is 504 g/mol.